The van der Waals surface area contributed by atoms with Crippen LogP contribution in [-0.2, 0) is 42.7 Å². The predicted molar refractivity (Wildman–Crippen MR) is 292 cm³/mol. The van der Waals surface area contributed by atoms with Crippen LogP contribution in [0, 0.1) is 30.6 Å². The van der Waals surface area contributed by atoms with Gasteiger partial charge in [0.2, 0.25) is 0 Å². The fourth-order valence-electron chi connectivity index (χ4n) is 11.1. The number of anilines is 1. The lowest BCUT2D eigenvalue weighted by Crippen LogP contribution is -2.68. The molecule has 0 spiro atoms. The van der Waals surface area contributed by atoms with Crippen molar-refractivity contribution in [2.45, 2.75) is 184 Å². The first-order valence-corrected chi connectivity index (χ1v) is 27.2. The number of hydrogen-bond donors (Lipinski definition) is 17. The van der Waals surface area contributed by atoms with Crippen LogP contribution in [-0.4, -0.2) is 221 Å². The number of hydrogen-bond acceptors (Lipinski definition) is 27. The quantitative estimate of drug-likeness (QED) is 0.0736. The molecule has 1 saturated carbocycles. The van der Waals surface area contributed by atoms with E-state index in [0.29, 0.717) is 0 Å². The molecule has 8 rings (SSSR count). The van der Waals surface area contributed by atoms with Crippen LogP contribution in [0.5, 0.6) is 23.0 Å². The Hall–Kier alpha value is -5.19. The number of phenols is 3. The van der Waals surface area contributed by atoms with Crippen LogP contribution in [0.2, 0.25) is 0 Å². The zero-order valence-electron chi connectivity index (χ0n) is 47.5. The number of carbonyl (C=O) groups is 3. The SMILES string of the molecule is CO[C@H]1/C=C/O[C@@]2(C)Oc3c(C)c(O)c4c(O)c(cc(O)c4c3C2=O)NC(=O)/C(C)=C\C=C\[C@@H](C)[C@H](O)[C@@H](C)[C@@H](O)[C@@H](C)[C@H](OC(C)=O)[C@@H]1C.NC[C@H]1O[C@H](O[C@H]2[C@H](O)[C@@H](O[C@H]3O[C@H](CO)[C@@H](O)[C@H](N)[C@H]3O)[C@H](N)C[C@@H]2N)[C@H](O)[C@@H](O)[C@@H]1O. The summed E-state index contributed by atoms with van der Waals surface area (Å²) in [6, 6.07) is -1.80. The first-order chi connectivity index (χ1) is 38.9. The molecule has 5 aliphatic heterocycles. The van der Waals surface area contributed by atoms with Gasteiger partial charge in [0, 0.05) is 85.8 Å². The highest BCUT2D eigenvalue weighted by Crippen LogP contribution is 2.54. The molecule has 28 heteroatoms. The molecule has 83 heavy (non-hydrogen) atoms. The Kier molecular flexibility index (Phi) is 22.1. The van der Waals surface area contributed by atoms with Gasteiger partial charge in [-0.1, -0.05) is 45.9 Å². The van der Waals surface area contributed by atoms with Gasteiger partial charge in [-0.15, -0.1) is 0 Å². The van der Waals surface area contributed by atoms with Crippen LogP contribution in [0.1, 0.15) is 70.8 Å². The highest BCUT2D eigenvalue weighted by atomic mass is 16.7. The van der Waals surface area contributed by atoms with Crippen molar-refractivity contribution in [3.05, 3.63) is 53.3 Å². The summed E-state index contributed by atoms with van der Waals surface area (Å²) in [6.45, 7) is 11.7. The molecule has 2 aromatic carbocycles. The van der Waals surface area contributed by atoms with Crippen molar-refractivity contribution in [2.75, 3.05) is 25.6 Å². The smallest absolute Gasteiger partial charge is 0.312 e. The van der Waals surface area contributed by atoms with Crippen LogP contribution < -0.4 is 33.0 Å². The molecule has 1 aliphatic carbocycles. The predicted octanol–water partition coefficient (Wildman–Crippen LogP) is -2.54. The maximum Gasteiger partial charge on any atom is 0.312 e. The maximum absolute atomic E-state index is 13.9. The van der Waals surface area contributed by atoms with Gasteiger partial charge in [0.25, 0.3) is 11.7 Å². The second kappa shape index (κ2) is 27.5. The molecule has 1 amide bonds. The molecule has 6 aliphatic rings. The minimum absolute atomic E-state index is 0.0709. The van der Waals surface area contributed by atoms with Gasteiger partial charge in [0.1, 0.15) is 84.4 Å². The molecule has 5 bridgehead atoms. The number of nitrogens with two attached hydrogens (primary N) is 4. The van der Waals surface area contributed by atoms with Gasteiger partial charge in [0.15, 0.2) is 18.3 Å². The van der Waals surface area contributed by atoms with Gasteiger partial charge in [-0.3, -0.25) is 14.4 Å². The molecule has 2 saturated heterocycles. The average Bonchev–Trinajstić information content (AvgIpc) is 2.20. The number of aliphatic hydroxyl groups is 9. The monoisotopic (exact) mass is 1180 g/mol. The van der Waals surface area contributed by atoms with Gasteiger partial charge in [-0.2, -0.15) is 0 Å². The van der Waals surface area contributed by atoms with Crippen molar-refractivity contribution in [2.24, 2.45) is 46.6 Å². The molecule has 0 unspecified atom stereocenters. The number of esters is 1. The number of nitrogens with one attached hydrogen (secondary N) is 1. The maximum atomic E-state index is 13.9. The van der Waals surface area contributed by atoms with E-state index in [0.717, 1.165) is 6.07 Å². The Morgan fingerprint density at radius 1 is 0.747 bits per heavy atom. The molecule has 466 valence electrons. The molecule has 0 aromatic heterocycles. The lowest BCUT2D eigenvalue weighted by molar-refractivity contribution is -0.332. The molecular formula is C55H83N5O23. The van der Waals surface area contributed by atoms with Crippen molar-refractivity contribution in [1.82, 2.24) is 0 Å². The Bertz CT molecular complexity index is 2660. The number of ether oxygens (including phenoxy) is 8. The van der Waals surface area contributed by atoms with Crippen molar-refractivity contribution < 1.29 is 114 Å². The molecular weight excluding hydrogens is 1100 g/mol. The van der Waals surface area contributed by atoms with Crippen LogP contribution in [0.4, 0.5) is 5.69 Å². The minimum Gasteiger partial charge on any atom is -0.507 e. The summed E-state index contributed by atoms with van der Waals surface area (Å²) in [5.41, 5.74) is 23.4. The van der Waals surface area contributed by atoms with Crippen molar-refractivity contribution in [3.8, 4) is 23.0 Å². The third kappa shape index (κ3) is 13.8. The summed E-state index contributed by atoms with van der Waals surface area (Å²) in [6.07, 6.45) is -12.8. The van der Waals surface area contributed by atoms with E-state index in [1.165, 1.54) is 53.2 Å². The molecule has 24 atom stereocenters. The molecule has 21 N–H and O–H groups in total. The Labute approximate surface area is 478 Å². The van der Waals surface area contributed by atoms with Crippen molar-refractivity contribution in [3.63, 3.8) is 0 Å². The lowest BCUT2D eigenvalue weighted by atomic mass is 9.78. The van der Waals surface area contributed by atoms with E-state index in [-0.39, 0.29) is 51.9 Å². The second-order valence-electron chi connectivity index (χ2n) is 22.2. The van der Waals surface area contributed by atoms with E-state index >= 15 is 0 Å². The van der Waals surface area contributed by atoms with E-state index in [9.17, 15) is 75.7 Å². The van der Waals surface area contributed by atoms with Gasteiger partial charge in [-0.05, 0) is 26.3 Å². The average molecular weight is 1180 g/mol. The van der Waals surface area contributed by atoms with Gasteiger partial charge < -0.3 is 127 Å². The molecule has 28 nitrogen and oxygen atoms in total. The largest absolute Gasteiger partial charge is 0.507 e. The molecule has 0 radical (unpaired) electrons. The Morgan fingerprint density at radius 3 is 1.93 bits per heavy atom. The fraction of sp³-hybridized carbons (Fsp3) is 0.655. The number of benzene rings is 2. The summed E-state index contributed by atoms with van der Waals surface area (Å²) in [4.78, 5) is 39.2. The second-order valence-corrected chi connectivity index (χ2v) is 22.2. The normalized spacial score (nSPS) is 41.4. The van der Waals surface area contributed by atoms with Gasteiger partial charge in [0.05, 0.1) is 53.9 Å². The van der Waals surface area contributed by atoms with E-state index in [4.69, 9.17) is 60.8 Å². The Morgan fingerprint density at radius 2 is 1.35 bits per heavy atom. The number of amides is 1. The van der Waals surface area contributed by atoms with Crippen molar-refractivity contribution in [1.29, 1.82) is 0 Å². The van der Waals surface area contributed by atoms with Crippen LogP contribution in [0.25, 0.3) is 10.8 Å². The Balaban J connectivity index is 0.000000290. The number of aromatic hydroxyl groups is 3. The lowest BCUT2D eigenvalue weighted by Gasteiger charge is -2.48. The molecule has 3 fully saturated rings. The fourth-order valence-corrected chi connectivity index (χ4v) is 11.1. The number of ketones is 1. The number of aliphatic hydroxyl groups excluding tert-OH is 9. The first-order valence-electron chi connectivity index (χ1n) is 27.2. The van der Waals surface area contributed by atoms with E-state index in [2.05, 4.69) is 5.32 Å². The zero-order valence-corrected chi connectivity index (χ0v) is 47.5. The number of Topliss-reactive ketones (excluding diaryl/α,β-unsaturated/α-hetero) is 1. The number of phenolic OH excluding ortho intramolecular Hbond substituents is 3. The van der Waals surface area contributed by atoms with Crippen molar-refractivity contribution >= 4 is 34.1 Å². The van der Waals surface area contributed by atoms with E-state index in [1.54, 1.807) is 39.8 Å². The number of allylic oxidation sites excluding steroid dienone is 2. The standard InChI is InChI=1S/C37H47NO12.C18H36N4O11/c1-16-11-10-12-17(2)36(46)38-23-15-24(40)26-27(32(23)44)31(43)21(6)34-28(26)35(45)37(8,50-34)48-14-13-25(47-9)18(3)33(49-22(7)39)20(5)30(42)19(4)29(16)41;19-2-6-10(25)12(27)13(28)18(30-6)33-16-5(21)1-4(20)15(14(16)29)32-17-11(26)8(22)9(24)7(3-23)31-17/h10-16,18-20,25,29-30,33,40-44H,1-9H3,(H,38,46);4-18,23-29H,1-3,19-22H2/b11-10+,14-13+,17-12-;/t16-,18-,19-,20-,25+,29+,30-,33-,37+;4-,5+,6-,7-,8+,9-,10-,11-,12+,13-,14-,15+,16-,17-,18-/m11/s1. The summed E-state index contributed by atoms with van der Waals surface area (Å²) in [7, 11) is 1.43. The highest BCUT2D eigenvalue weighted by Gasteiger charge is 2.53. The summed E-state index contributed by atoms with van der Waals surface area (Å²) in [5.74, 6) is -7.99. The third-order valence-corrected chi connectivity index (χ3v) is 16.3. The molecule has 2 aromatic rings. The van der Waals surface area contributed by atoms with E-state index < -0.39 is 187 Å². The number of rotatable bonds is 8. The topological polar surface area (TPSA) is 484 Å². The van der Waals surface area contributed by atoms with E-state index in [1.807, 2.05) is 0 Å². The third-order valence-electron chi connectivity index (χ3n) is 16.3. The summed E-state index contributed by atoms with van der Waals surface area (Å²) in [5, 5.41) is 129. The first kappa shape index (κ1) is 66.9. The molecule has 5 heterocycles. The van der Waals surface area contributed by atoms with Crippen LogP contribution >= 0.6 is 0 Å². The minimum atomic E-state index is -1.98. The van der Waals surface area contributed by atoms with Gasteiger partial charge in [-0.25, -0.2) is 0 Å². The summed E-state index contributed by atoms with van der Waals surface area (Å²) >= 11 is 0. The van der Waals surface area contributed by atoms with Crippen LogP contribution in [0.3, 0.4) is 0 Å². The highest BCUT2D eigenvalue weighted by molar-refractivity contribution is 6.21. The number of fused-ring (bicyclic) bond motifs is 14. The summed E-state index contributed by atoms with van der Waals surface area (Å²) < 4.78 is 45.4. The van der Waals surface area contributed by atoms with Gasteiger partial charge >= 0.3 is 11.8 Å². The van der Waals surface area contributed by atoms with Crippen LogP contribution in [0.15, 0.2) is 42.2 Å². The number of methoxy groups -OCH3 is 1. The number of carbonyl (C=O) groups excluding carboxylic acids is 3. The zero-order chi connectivity index (χ0) is 62.0.